The van der Waals surface area contributed by atoms with Crippen LogP contribution in [0.25, 0.3) is 0 Å². The number of hydrogen-bond donors (Lipinski definition) is 1. The number of primary amides is 1. The van der Waals surface area contributed by atoms with Crippen LogP contribution in [0.1, 0.15) is 26.7 Å². The maximum absolute atomic E-state index is 11.0. The van der Waals surface area contributed by atoms with Gasteiger partial charge in [-0.15, -0.1) is 0 Å². The van der Waals surface area contributed by atoms with Crippen LogP contribution in [0.2, 0.25) is 0 Å². The van der Waals surface area contributed by atoms with Gasteiger partial charge in [0, 0.05) is 6.42 Å². The van der Waals surface area contributed by atoms with Gasteiger partial charge in [0.2, 0.25) is 5.91 Å². The van der Waals surface area contributed by atoms with Crippen LogP contribution in [0.4, 0.5) is 0 Å². The lowest BCUT2D eigenvalue weighted by molar-refractivity contribution is -0.119. The first-order chi connectivity index (χ1) is 6.59. The highest BCUT2D eigenvalue weighted by atomic mass is 16.1. The predicted octanol–water partition coefficient (Wildman–Crippen LogP) is 1.96. The number of hydrogen-bond acceptors (Lipinski definition) is 1. The maximum atomic E-state index is 11.0. The molecule has 0 aliphatic heterocycles. The third-order valence-electron chi connectivity index (χ3n) is 3.90. The Hall–Kier alpha value is -0.790. The minimum absolute atomic E-state index is 0.137. The van der Waals surface area contributed by atoms with E-state index in [0.717, 1.165) is 0 Å². The molecule has 1 amide bonds. The van der Waals surface area contributed by atoms with Gasteiger partial charge < -0.3 is 5.73 Å². The van der Waals surface area contributed by atoms with Gasteiger partial charge in [-0.25, -0.2) is 0 Å². The molecule has 2 aliphatic rings. The number of carbonyl (C=O) groups is 1. The van der Waals surface area contributed by atoms with E-state index >= 15 is 0 Å². The van der Waals surface area contributed by atoms with Crippen LogP contribution in [0.3, 0.4) is 0 Å². The molecule has 78 valence electrons. The van der Waals surface area contributed by atoms with Gasteiger partial charge in [0.25, 0.3) is 0 Å². The standard InChI is InChI=1S/C12H19NO/c1-7(2)12-9-4-3-8(5-9)10(12)6-11(13)14/h3-4,7-10,12H,5-6H2,1-2H3,(H2,13,14)/t8?,9?,10-,12-/m1/s1. The van der Waals surface area contributed by atoms with E-state index in [-0.39, 0.29) is 5.91 Å². The second-order valence-electron chi connectivity index (χ2n) is 5.10. The first kappa shape index (κ1) is 9.75. The van der Waals surface area contributed by atoms with E-state index < -0.39 is 0 Å². The van der Waals surface area contributed by atoms with E-state index in [2.05, 4.69) is 26.0 Å². The Morgan fingerprint density at radius 2 is 2.07 bits per heavy atom. The number of carbonyl (C=O) groups excluding carboxylic acids is 1. The SMILES string of the molecule is CC(C)[C@@H]1C2C=CC(C2)[C@H]1CC(N)=O. The van der Waals surface area contributed by atoms with Crippen LogP contribution < -0.4 is 5.73 Å². The van der Waals surface area contributed by atoms with Gasteiger partial charge in [0.05, 0.1) is 0 Å². The van der Waals surface area contributed by atoms with E-state index in [1.54, 1.807) is 0 Å². The molecule has 2 aliphatic carbocycles. The summed E-state index contributed by atoms with van der Waals surface area (Å²) in [4.78, 5) is 11.0. The fraction of sp³-hybridized carbons (Fsp3) is 0.750. The van der Waals surface area contributed by atoms with Crippen LogP contribution in [0, 0.1) is 29.6 Å². The average molecular weight is 193 g/mol. The van der Waals surface area contributed by atoms with Crippen molar-refractivity contribution in [1.82, 2.24) is 0 Å². The highest BCUT2D eigenvalue weighted by Crippen LogP contribution is 2.52. The lowest BCUT2D eigenvalue weighted by Gasteiger charge is -2.30. The predicted molar refractivity (Wildman–Crippen MR) is 56.4 cm³/mol. The number of rotatable bonds is 3. The van der Waals surface area contributed by atoms with Crippen LogP contribution in [0.5, 0.6) is 0 Å². The molecule has 0 aromatic rings. The molecule has 2 nitrogen and oxygen atoms in total. The molecular weight excluding hydrogens is 174 g/mol. The molecular formula is C12H19NO. The summed E-state index contributed by atoms with van der Waals surface area (Å²) in [5.41, 5.74) is 5.30. The van der Waals surface area contributed by atoms with Crippen molar-refractivity contribution < 1.29 is 4.79 Å². The van der Waals surface area contributed by atoms with Gasteiger partial charge in [-0.05, 0) is 36.0 Å². The summed E-state index contributed by atoms with van der Waals surface area (Å²) < 4.78 is 0. The van der Waals surface area contributed by atoms with E-state index in [9.17, 15) is 4.79 Å². The quantitative estimate of drug-likeness (QED) is 0.684. The van der Waals surface area contributed by atoms with E-state index in [1.807, 2.05) is 0 Å². The monoisotopic (exact) mass is 193 g/mol. The topological polar surface area (TPSA) is 43.1 Å². The fourth-order valence-corrected chi connectivity index (χ4v) is 3.47. The Morgan fingerprint density at radius 3 is 2.64 bits per heavy atom. The van der Waals surface area contributed by atoms with Gasteiger partial charge >= 0.3 is 0 Å². The van der Waals surface area contributed by atoms with Crippen molar-refractivity contribution in [3.63, 3.8) is 0 Å². The average Bonchev–Trinajstić information content (AvgIpc) is 2.61. The fourth-order valence-electron chi connectivity index (χ4n) is 3.47. The van der Waals surface area contributed by atoms with Gasteiger partial charge in [-0.2, -0.15) is 0 Å². The first-order valence-corrected chi connectivity index (χ1v) is 5.56. The zero-order valence-corrected chi connectivity index (χ0v) is 8.94. The summed E-state index contributed by atoms with van der Waals surface area (Å²) in [6, 6.07) is 0. The molecule has 0 aromatic heterocycles. The third-order valence-corrected chi connectivity index (χ3v) is 3.90. The Bertz CT molecular complexity index is 269. The number of amides is 1. The molecule has 0 saturated heterocycles. The van der Waals surface area contributed by atoms with Gasteiger partial charge in [-0.1, -0.05) is 26.0 Å². The Balaban J connectivity index is 2.14. The van der Waals surface area contributed by atoms with Crippen LogP contribution in [0.15, 0.2) is 12.2 Å². The van der Waals surface area contributed by atoms with Crippen molar-refractivity contribution in [2.24, 2.45) is 35.3 Å². The molecule has 0 heterocycles. The highest BCUT2D eigenvalue weighted by Gasteiger charge is 2.45. The molecule has 1 fully saturated rings. The zero-order chi connectivity index (χ0) is 10.3. The van der Waals surface area contributed by atoms with E-state index in [0.29, 0.717) is 36.0 Å². The second kappa shape index (κ2) is 3.41. The molecule has 14 heavy (non-hydrogen) atoms. The minimum Gasteiger partial charge on any atom is -0.370 e. The molecule has 2 unspecified atom stereocenters. The van der Waals surface area contributed by atoms with E-state index in [1.165, 1.54) is 6.42 Å². The van der Waals surface area contributed by atoms with Gasteiger partial charge in [-0.3, -0.25) is 4.79 Å². The highest BCUT2D eigenvalue weighted by molar-refractivity contribution is 5.74. The summed E-state index contributed by atoms with van der Waals surface area (Å²) in [6.07, 6.45) is 6.46. The zero-order valence-electron chi connectivity index (χ0n) is 8.94. The summed E-state index contributed by atoms with van der Waals surface area (Å²) in [5, 5.41) is 0. The largest absolute Gasteiger partial charge is 0.370 e. The Morgan fingerprint density at radius 1 is 1.43 bits per heavy atom. The Kier molecular flexibility index (Phi) is 2.38. The lowest BCUT2D eigenvalue weighted by Crippen LogP contribution is -2.28. The third kappa shape index (κ3) is 1.47. The van der Waals surface area contributed by atoms with Crippen molar-refractivity contribution in [3.8, 4) is 0 Å². The van der Waals surface area contributed by atoms with Crippen LogP contribution >= 0.6 is 0 Å². The van der Waals surface area contributed by atoms with Crippen molar-refractivity contribution in [2.75, 3.05) is 0 Å². The number of fused-ring (bicyclic) bond motifs is 2. The molecule has 0 spiro atoms. The van der Waals surface area contributed by atoms with Crippen molar-refractivity contribution >= 4 is 5.91 Å². The van der Waals surface area contributed by atoms with Gasteiger partial charge in [0.1, 0.15) is 0 Å². The van der Waals surface area contributed by atoms with E-state index in [4.69, 9.17) is 5.73 Å². The van der Waals surface area contributed by atoms with Crippen molar-refractivity contribution in [3.05, 3.63) is 12.2 Å². The molecule has 4 atom stereocenters. The summed E-state index contributed by atoms with van der Waals surface area (Å²) >= 11 is 0. The summed E-state index contributed by atoms with van der Waals surface area (Å²) in [7, 11) is 0. The second-order valence-corrected chi connectivity index (χ2v) is 5.10. The van der Waals surface area contributed by atoms with Crippen LogP contribution in [-0.2, 0) is 4.79 Å². The van der Waals surface area contributed by atoms with Crippen molar-refractivity contribution in [2.45, 2.75) is 26.7 Å². The normalized spacial score (nSPS) is 39.6. The number of nitrogens with two attached hydrogens (primary N) is 1. The van der Waals surface area contributed by atoms with Gasteiger partial charge in [0.15, 0.2) is 0 Å². The maximum Gasteiger partial charge on any atom is 0.217 e. The van der Waals surface area contributed by atoms with Crippen molar-refractivity contribution in [1.29, 1.82) is 0 Å². The molecule has 2 bridgehead atoms. The molecule has 1 saturated carbocycles. The van der Waals surface area contributed by atoms with Crippen LogP contribution in [-0.4, -0.2) is 5.91 Å². The minimum atomic E-state index is -0.137. The molecule has 2 heteroatoms. The first-order valence-electron chi connectivity index (χ1n) is 5.56. The molecule has 2 N–H and O–H groups in total. The Labute approximate surface area is 85.6 Å². The molecule has 0 aromatic carbocycles. The lowest BCUT2D eigenvalue weighted by atomic mass is 9.75. The summed E-state index contributed by atoms with van der Waals surface area (Å²) in [6.45, 7) is 4.51. The smallest absolute Gasteiger partial charge is 0.217 e. The summed E-state index contributed by atoms with van der Waals surface area (Å²) in [5.74, 6) is 3.06. The molecule has 0 radical (unpaired) electrons. The number of allylic oxidation sites excluding steroid dienone is 2. The molecule has 2 rings (SSSR count).